The van der Waals surface area contributed by atoms with Gasteiger partial charge in [-0.3, -0.25) is 4.79 Å². The zero-order chi connectivity index (χ0) is 10.7. The number of rotatable bonds is 3. The largest absolute Gasteiger partial charge is 0.292 e. The Morgan fingerprint density at radius 1 is 1.53 bits per heavy atom. The van der Waals surface area contributed by atoms with Gasteiger partial charge in [0.2, 0.25) is 0 Å². The van der Waals surface area contributed by atoms with Gasteiger partial charge < -0.3 is 0 Å². The molecule has 0 unspecified atom stereocenters. The lowest BCUT2D eigenvalue weighted by Gasteiger charge is -1.96. The molecule has 76 valence electrons. The topological polar surface area (TPSA) is 42.9 Å². The summed E-state index contributed by atoms with van der Waals surface area (Å²) in [6.07, 6.45) is 3.26. The maximum absolute atomic E-state index is 11.7. The maximum Gasteiger partial charge on any atom is 0.185 e. The van der Waals surface area contributed by atoms with Gasteiger partial charge in [-0.2, -0.15) is 0 Å². The Morgan fingerprint density at radius 2 is 2.40 bits per heavy atom. The molecule has 2 heterocycles. The number of Topliss-reactive ketones (excluding diaryl/α,β-unsaturated/α-hetero) is 1. The minimum Gasteiger partial charge on any atom is -0.292 e. The molecule has 0 fully saturated rings. The van der Waals surface area contributed by atoms with Gasteiger partial charge in [-0.15, -0.1) is 11.3 Å². The van der Waals surface area contributed by atoms with Crippen molar-refractivity contribution in [3.8, 4) is 0 Å². The zero-order valence-electron chi connectivity index (χ0n) is 7.68. The molecule has 0 aliphatic rings. The maximum atomic E-state index is 11.7. The van der Waals surface area contributed by atoms with Crippen molar-refractivity contribution in [1.29, 1.82) is 0 Å². The molecule has 15 heavy (non-hydrogen) atoms. The van der Waals surface area contributed by atoms with Gasteiger partial charge in [-0.25, -0.2) is 9.97 Å². The Hall–Kier alpha value is -1.26. The van der Waals surface area contributed by atoms with Crippen LogP contribution in [0.25, 0.3) is 0 Å². The van der Waals surface area contributed by atoms with Crippen molar-refractivity contribution in [3.05, 3.63) is 45.6 Å². The quantitative estimate of drug-likeness (QED) is 0.772. The Labute approximate surface area is 95.8 Å². The molecule has 0 saturated carbocycles. The molecule has 0 bridgehead atoms. The van der Waals surface area contributed by atoms with Crippen LogP contribution < -0.4 is 0 Å². The molecule has 3 nitrogen and oxygen atoms in total. The van der Waals surface area contributed by atoms with Crippen LogP contribution >= 0.6 is 22.9 Å². The summed E-state index contributed by atoms with van der Waals surface area (Å²) in [7, 11) is 0. The fourth-order valence-electron chi connectivity index (χ4n) is 1.17. The van der Waals surface area contributed by atoms with Gasteiger partial charge >= 0.3 is 0 Å². The van der Waals surface area contributed by atoms with Crippen LogP contribution in [0.15, 0.2) is 30.0 Å². The summed E-state index contributed by atoms with van der Waals surface area (Å²) in [5.74, 6) is -0.0214. The average Bonchev–Trinajstić information content (AvgIpc) is 2.65. The predicted molar refractivity (Wildman–Crippen MR) is 59.4 cm³/mol. The number of carbonyl (C=O) groups is 1. The van der Waals surface area contributed by atoms with Crippen LogP contribution in [-0.2, 0) is 6.42 Å². The van der Waals surface area contributed by atoms with Crippen molar-refractivity contribution in [2.45, 2.75) is 6.42 Å². The summed E-state index contributed by atoms with van der Waals surface area (Å²) in [4.78, 5) is 19.3. The van der Waals surface area contributed by atoms with Crippen molar-refractivity contribution in [2.24, 2.45) is 0 Å². The molecule has 0 aromatic carbocycles. The average molecular weight is 239 g/mol. The molecule has 0 saturated heterocycles. The second-order valence-electron chi connectivity index (χ2n) is 2.95. The number of aromatic nitrogens is 2. The first-order chi connectivity index (χ1) is 7.25. The highest BCUT2D eigenvalue weighted by molar-refractivity contribution is 7.14. The number of halogens is 1. The first-order valence-electron chi connectivity index (χ1n) is 4.28. The number of carbonyl (C=O) groups excluding carboxylic acids is 1. The molecule has 2 rings (SSSR count). The molecule has 0 atom stereocenters. The molecule has 0 amide bonds. The summed E-state index contributed by atoms with van der Waals surface area (Å²) in [5, 5.41) is 1.88. The lowest BCUT2D eigenvalue weighted by molar-refractivity contribution is 0.0988. The summed E-state index contributed by atoms with van der Waals surface area (Å²) in [6, 6.07) is 3.40. The number of hydrogen-bond acceptors (Lipinski definition) is 4. The van der Waals surface area contributed by atoms with Gasteiger partial charge in [-0.05, 0) is 23.1 Å². The van der Waals surface area contributed by atoms with Crippen LogP contribution in [0.1, 0.15) is 16.1 Å². The molecule has 2 aromatic rings. The van der Waals surface area contributed by atoms with Gasteiger partial charge in [0.25, 0.3) is 0 Å². The number of hydrogen-bond donors (Lipinski definition) is 0. The van der Waals surface area contributed by atoms with E-state index in [0.29, 0.717) is 16.5 Å². The molecular weight excluding hydrogens is 232 g/mol. The molecule has 5 heteroatoms. The van der Waals surface area contributed by atoms with Crippen LogP contribution in [0.3, 0.4) is 0 Å². The Morgan fingerprint density at radius 3 is 3.00 bits per heavy atom. The van der Waals surface area contributed by atoms with Crippen molar-refractivity contribution in [3.63, 3.8) is 0 Å². The number of nitrogens with zero attached hydrogens (tertiary/aromatic N) is 2. The van der Waals surface area contributed by atoms with E-state index in [0.717, 1.165) is 5.56 Å². The molecule has 0 N–H and O–H groups in total. The van der Waals surface area contributed by atoms with Gasteiger partial charge in [-0.1, -0.05) is 11.6 Å². The van der Waals surface area contributed by atoms with Gasteiger partial charge in [0.1, 0.15) is 12.0 Å². The van der Waals surface area contributed by atoms with E-state index in [9.17, 15) is 4.79 Å². The molecule has 0 spiro atoms. The first-order valence-corrected chi connectivity index (χ1v) is 5.53. The van der Waals surface area contributed by atoms with E-state index in [2.05, 4.69) is 9.97 Å². The van der Waals surface area contributed by atoms with E-state index in [4.69, 9.17) is 11.6 Å². The lowest BCUT2D eigenvalue weighted by atomic mass is 10.1. The normalized spacial score (nSPS) is 10.2. The predicted octanol–water partition coefficient (Wildman–Crippen LogP) is 2.62. The second-order valence-corrected chi connectivity index (χ2v) is 4.50. The highest BCUT2D eigenvalue weighted by Gasteiger charge is 2.09. The SMILES string of the molecule is O=C(Cc1csc(Cl)c1)c1ccncn1. The molecule has 0 aliphatic heterocycles. The smallest absolute Gasteiger partial charge is 0.185 e. The monoisotopic (exact) mass is 238 g/mol. The Bertz CT molecular complexity index is 469. The fourth-order valence-corrected chi connectivity index (χ4v) is 2.08. The second kappa shape index (κ2) is 4.51. The fraction of sp³-hybridized carbons (Fsp3) is 0.100. The van der Waals surface area contributed by atoms with Crippen molar-refractivity contribution in [2.75, 3.05) is 0 Å². The van der Waals surface area contributed by atoms with Crippen LogP contribution in [-0.4, -0.2) is 15.8 Å². The van der Waals surface area contributed by atoms with Gasteiger partial charge in [0.05, 0.1) is 4.34 Å². The highest BCUT2D eigenvalue weighted by Crippen LogP contribution is 2.20. The van der Waals surface area contributed by atoms with E-state index < -0.39 is 0 Å². The summed E-state index contributed by atoms with van der Waals surface area (Å²) < 4.78 is 0.695. The minimum absolute atomic E-state index is 0.0214. The van der Waals surface area contributed by atoms with E-state index in [-0.39, 0.29) is 5.78 Å². The van der Waals surface area contributed by atoms with E-state index >= 15 is 0 Å². The summed E-state index contributed by atoms with van der Waals surface area (Å²) in [6.45, 7) is 0. The third-order valence-corrected chi connectivity index (χ3v) is 2.99. The minimum atomic E-state index is -0.0214. The van der Waals surface area contributed by atoms with Gasteiger partial charge in [0, 0.05) is 12.6 Å². The first kappa shape index (κ1) is 10.3. The van der Waals surface area contributed by atoms with Crippen LogP contribution in [0.5, 0.6) is 0 Å². The summed E-state index contributed by atoms with van der Waals surface area (Å²) >= 11 is 7.19. The summed E-state index contributed by atoms with van der Waals surface area (Å²) in [5.41, 5.74) is 1.36. The zero-order valence-corrected chi connectivity index (χ0v) is 9.26. The van der Waals surface area contributed by atoms with E-state index in [1.807, 2.05) is 5.38 Å². The molecule has 0 radical (unpaired) electrons. The van der Waals surface area contributed by atoms with Crippen LogP contribution in [0, 0.1) is 0 Å². The van der Waals surface area contributed by atoms with E-state index in [1.54, 1.807) is 18.3 Å². The van der Waals surface area contributed by atoms with Crippen molar-refractivity contribution < 1.29 is 4.79 Å². The number of thiophene rings is 1. The molecule has 0 aliphatic carbocycles. The third-order valence-electron chi connectivity index (χ3n) is 1.85. The molecular formula is C10H7ClN2OS. The number of ketones is 1. The Kier molecular flexibility index (Phi) is 3.08. The van der Waals surface area contributed by atoms with Crippen molar-refractivity contribution >= 4 is 28.7 Å². The van der Waals surface area contributed by atoms with E-state index in [1.165, 1.54) is 17.7 Å². The van der Waals surface area contributed by atoms with Crippen LogP contribution in [0.2, 0.25) is 4.34 Å². The standard InChI is InChI=1S/C10H7ClN2OS/c11-10-4-7(5-15-10)3-9(14)8-1-2-12-6-13-8/h1-2,4-6H,3H2. The third kappa shape index (κ3) is 2.61. The highest BCUT2D eigenvalue weighted by atomic mass is 35.5. The van der Waals surface area contributed by atoms with Gasteiger partial charge in [0.15, 0.2) is 5.78 Å². The van der Waals surface area contributed by atoms with Crippen LogP contribution in [0.4, 0.5) is 0 Å². The lowest BCUT2D eigenvalue weighted by Crippen LogP contribution is -2.05. The molecule has 2 aromatic heterocycles. The van der Waals surface area contributed by atoms with Crippen molar-refractivity contribution in [1.82, 2.24) is 9.97 Å². The Balaban J connectivity index is 2.11.